The number of hydrogen-bond acceptors (Lipinski definition) is 6. The number of urea groups is 1. The van der Waals surface area contributed by atoms with Crippen molar-refractivity contribution in [3.63, 3.8) is 0 Å². The summed E-state index contributed by atoms with van der Waals surface area (Å²) in [7, 11) is 1.29. The highest BCUT2D eigenvalue weighted by Crippen LogP contribution is 2.35. The van der Waals surface area contributed by atoms with E-state index in [1.807, 2.05) is 24.3 Å². The Balaban J connectivity index is 1.45. The molecular formula is C31H36N4O5. The van der Waals surface area contributed by atoms with Crippen molar-refractivity contribution in [1.82, 2.24) is 5.01 Å². The van der Waals surface area contributed by atoms with Crippen molar-refractivity contribution >= 4 is 40.8 Å². The fourth-order valence-corrected chi connectivity index (χ4v) is 6.04. The molecule has 2 aromatic rings. The highest BCUT2D eigenvalue weighted by atomic mass is 16.5. The van der Waals surface area contributed by atoms with Gasteiger partial charge in [-0.1, -0.05) is 56.4 Å². The zero-order chi connectivity index (χ0) is 28.1. The zero-order valence-electron chi connectivity index (χ0n) is 22.9. The number of ketones is 1. The quantitative estimate of drug-likeness (QED) is 0.448. The largest absolute Gasteiger partial charge is 0.465 e. The van der Waals surface area contributed by atoms with E-state index in [0.29, 0.717) is 16.9 Å². The van der Waals surface area contributed by atoms with Gasteiger partial charge in [0.05, 0.1) is 30.6 Å². The molecule has 0 aromatic heterocycles. The molecule has 0 spiro atoms. The maximum absolute atomic E-state index is 14.0. The van der Waals surface area contributed by atoms with Crippen LogP contribution in [0.1, 0.15) is 73.7 Å². The number of esters is 1. The first-order valence-electron chi connectivity index (χ1n) is 14.2. The second-order valence-electron chi connectivity index (χ2n) is 10.8. The van der Waals surface area contributed by atoms with Crippen LogP contribution in [0.15, 0.2) is 53.6 Å². The average Bonchev–Trinajstić information content (AvgIpc) is 3.50. The van der Waals surface area contributed by atoms with E-state index in [9.17, 15) is 19.2 Å². The van der Waals surface area contributed by atoms with Gasteiger partial charge < -0.3 is 10.1 Å². The lowest BCUT2D eigenvalue weighted by Gasteiger charge is -2.26. The molecule has 2 aliphatic carbocycles. The van der Waals surface area contributed by atoms with Crippen LogP contribution in [0.25, 0.3) is 0 Å². The lowest BCUT2D eigenvalue weighted by atomic mass is 9.83. The molecule has 0 saturated heterocycles. The highest BCUT2D eigenvalue weighted by Gasteiger charge is 2.36. The fraction of sp³-hybridized carbons (Fsp3) is 0.452. The van der Waals surface area contributed by atoms with Gasteiger partial charge in [0.15, 0.2) is 5.78 Å². The summed E-state index contributed by atoms with van der Waals surface area (Å²) in [4.78, 5) is 53.9. The van der Waals surface area contributed by atoms with E-state index in [-0.39, 0.29) is 30.7 Å². The van der Waals surface area contributed by atoms with E-state index in [0.717, 1.165) is 62.6 Å². The molecule has 9 nitrogen and oxygen atoms in total. The van der Waals surface area contributed by atoms with Crippen LogP contribution >= 0.6 is 0 Å². The number of para-hydroxylation sites is 1. The van der Waals surface area contributed by atoms with Crippen molar-refractivity contribution in [1.29, 1.82) is 0 Å². The number of nitrogens with zero attached hydrogens (tertiary/aromatic N) is 3. The molecule has 1 N–H and O–H groups in total. The molecule has 40 heavy (non-hydrogen) atoms. The van der Waals surface area contributed by atoms with Gasteiger partial charge in [-0.15, -0.1) is 0 Å². The van der Waals surface area contributed by atoms with Gasteiger partial charge in [-0.3, -0.25) is 14.5 Å². The summed E-state index contributed by atoms with van der Waals surface area (Å²) in [6.45, 7) is -0.382. The Kier molecular flexibility index (Phi) is 8.57. The van der Waals surface area contributed by atoms with Crippen molar-refractivity contribution in [2.24, 2.45) is 16.9 Å². The van der Waals surface area contributed by atoms with Crippen LogP contribution in [-0.2, 0) is 14.3 Å². The van der Waals surface area contributed by atoms with Crippen LogP contribution in [0.5, 0.6) is 0 Å². The zero-order valence-corrected chi connectivity index (χ0v) is 22.9. The number of hydrogen-bond donors (Lipinski definition) is 1. The maximum Gasteiger partial charge on any atom is 0.345 e. The second kappa shape index (κ2) is 12.4. The van der Waals surface area contributed by atoms with Gasteiger partial charge in [-0.25, -0.2) is 14.6 Å². The first-order chi connectivity index (χ1) is 19.4. The van der Waals surface area contributed by atoms with Crippen LogP contribution in [0, 0.1) is 11.8 Å². The third-order valence-electron chi connectivity index (χ3n) is 8.13. The number of hydrazone groups is 1. The molecule has 0 bridgehead atoms. The number of amides is 3. The second-order valence-corrected chi connectivity index (χ2v) is 10.8. The Hall–Kier alpha value is -4.01. The molecule has 2 fully saturated rings. The average molecular weight is 545 g/mol. The van der Waals surface area contributed by atoms with Gasteiger partial charge in [0, 0.05) is 23.1 Å². The molecule has 0 unspecified atom stereocenters. The summed E-state index contributed by atoms with van der Waals surface area (Å²) >= 11 is 0. The van der Waals surface area contributed by atoms with E-state index in [4.69, 9.17) is 9.84 Å². The molecule has 2 aromatic carbocycles. The first kappa shape index (κ1) is 27.6. The number of carbonyl (C=O) groups excluding carboxylic acids is 4. The number of fused-ring (bicyclic) bond motifs is 1. The van der Waals surface area contributed by atoms with Crippen molar-refractivity contribution in [2.75, 3.05) is 30.4 Å². The number of methoxy groups -OCH3 is 1. The predicted octanol–water partition coefficient (Wildman–Crippen LogP) is 5.40. The smallest absolute Gasteiger partial charge is 0.345 e. The Labute approximate surface area is 234 Å². The molecule has 2 saturated carbocycles. The summed E-state index contributed by atoms with van der Waals surface area (Å²) in [6, 6.07) is 13.6. The number of anilines is 2. The molecular weight excluding hydrogens is 508 g/mol. The Bertz CT molecular complexity index is 1310. The van der Waals surface area contributed by atoms with E-state index < -0.39 is 17.9 Å². The minimum Gasteiger partial charge on any atom is -0.465 e. The maximum atomic E-state index is 14.0. The summed E-state index contributed by atoms with van der Waals surface area (Å²) < 4.78 is 4.77. The SMILES string of the molecule is COC(=O)c1cccc(NC(=O)CN2N=C(C3CCCCC3)c3ccccc3N(CC(=O)C3CCCC3)C2=O)c1. The number of Topliss-reactive ketones (excluding diaryl/α,β-unsaturated/α-hetero) is 1. The van der Waals surface area contributed by atoms with Crippen LogP contribution in [0.4, 0.5) is 16.2 Å². The third-order valence-corrected chi connectivity index (χ3v) is 8.13. The number of benzene rings is 2. The fourth-order valence-electron chi connectivity index (χ4n) is 6.04. The first-order valence-corrected chi connectivity index (χ1v) is 14.2. The van der Waals surface area contributed by atoms with E-state index in [1.54, 1.807) is 18.2 Å². The molecule has 210 valence electrons. The highest BCUT2D eigenvalue weighted by molar-refractivity contribution is 6.13. The van der Waals surface area contributed by atoms with Crippen LogP contribution < -0.4 is 10.2 Å². The van der Waals surface area contributed by atoms with Gasteiger partial charge in [0.1, 0.15) is 6.54 Å². The standard InChI is InChI=1S/C31H36N4O5/c1-40-30(38)23-14-9-15-24(18-23)32-28(37)20-35-31(39)34(19-27(36)21-10-5-6-11-21)26-17-8-7-16-25(26)29(33-35)22-12-3-2-4-13-22/h7-9,14-18,21-22H,2-6,10-13,19-20H2,1H3,(H,32,37). The number of carbonyl (C=O) groups is 4. The summed E-state index contributed by atoms with van der Waals surface area (Å²) in [5.41, 5.74) is 3.01. The van der Waals surface area contributed by atoms with Crippen LogP contribution in [0.3, 0.4) is 0 Å². The molecule has 1 heterocycles. The molecule has 0 radical (unpaired) electrons. The molecule has 5 rings (SSSR count). The molecule has 0 atom stereocenters. The molecule has 1 aliphatic heterocycles. The summed E-state index contributed by atoms with van der Waals surface area (Å²) in [6.07, 6.45) is 9.01. The van der Waals surface area contributed by atoms with E-state index >= 15 is 0 Å². The van der Waals surface area contributed by atoms with Crippen LogP contribution in [0.2, 0.25) is 0 Å². The topological polar surface area (TPSA) is 108 Å². The minimum absolute atomic E-state index is 0.0409. The van der Waals surface area contributed by atoms with Gasteiger partial charge in [0.25, 0.3) is 0 Å². The normalized spacial score (nSPS) is 18.1. The lowest BCUT2D eigenvalue weighted by molar-refractivity contribution is -0.121. The number of rotatable bonds is 8. The number of nitrogens with one attached hydrogen (secondary N) is 1. The van der Waals surface area contributed by atoms with Gasteiger partial charge in [-0.2, -0.15) is 5.10 Å². The van der Waals surface area contributed by atoms with E-state index in [1.165, 1.54) is 29.5 Å². The summed E-state index contributed by atoms with van der Waals surface area (Å²) in [5.74, 6) is -0.807. The third kappa shape index (κ3) is 6.08. The van der Waals surface area contributed by atoms with Crippen molar-refractivity contribution < 1.29 is 23.9 Å². The molecule has 3 aliphatic rings. The van der Waals surface area contributed by atoms with Crippen LogP contribution in [-0.4, -0.2) is 54.6 Å². The molecule has 9 heteroatoms. The lowest BCUT2D eigenvalue weighted by Crippen LogP contribution is -2.46. The van der Waals surface area contributed by atoms with Crippen molar-refractivity contribution in [3.05, 3.63) is 59.7 Å². The Morgan fingerprint density at radius 3 is 2.40 bits per heavy atom. The Morgan fingerprint density at radius 2 is 1.65 bits per heavy atom. The molecule has 3 amide bonds. The monoisotopic (exact) mass is 544 g/mol. The summed E-state index contributed by atoms with van der Waals surface area (Å²) in [5, 5.41) is 8.80. The Morgan fingerprint density at radius 1 is 0.925 bits per heavy atom. The van der Waals surface area contributed by atoms with Crippen molar-refractivity contribution in [3.8, 4) is 0 Å². The predicted molar refractivity (Wildman–Crippen MR) is 152 cm³/mol. The number of ether oxygens (including phenoxy) is 1. The minimum atomic E-state index is -0.513. The van der Waals surface area contributed by atoms with E-state index in [2.05, 4.69) is 5.32 Å². The van der Waals surface area contributed by atoms with Gasteiger partial charge in [-0.05, 0) is 49.9 Å². The van der Waals surface area contributed by atoms with Gasteiger partial charge in [0.2, 0.25) is 5.91 Å². The van der Waals surface area contributed by atoms with Gasteiger partial charge >= 0.3 is 12.0 Å². The van der Waals surface area contributed by atoms with Crippen molar-refractivity contribution in [2.45, 2.75) is 57.8 Å².